The Morgan fingerprint density at radius 2 is 1.86 bits per heavy atom. The Labute approximate surface area is 126 Å². The third-order valence-electron chi connectivity index (χ3n) is 3.59. The van der Waals surface area contributed by atoms with Gasteiger partial charge in [0.05, 0.1) is 11.0 Å². The highest BCUT2D eigenvalue weighted by atomic mass is 35.5. The average Bonchev–Trinajstić information content (AvgIpc) is 2.87. The third-order valence-corrected chi connectivity index (χ3v) is 3.82. The van der Waals surface area contributed by atoms with Crippen LogP contribution in [-0.4, -0.2) is 23.2 Å². The number of nitrogens with one attached hydrogen (secondary N) is 1. The first-order valence-electron chi connectivity index (χ1n) is 6.76. The molecule has 4 nitrogen and oxygen atoms in total. The number of fused-ring (bicyclic) bond motifs is 2. The Hall–Kier alpha value is -2.20. The molecule has 2 heterocycles. The van der Waals surface area contributed by atoms with E-state index in [2.05, 4.69) is 9.97 Å². The first-order chi connectivity index (χ1) is 10.2. The summed E-state index contributed by atoms with van der Waals surface area (Å²) in [5.74, 6) is 2.33. The monoisotopic (exact) mass is 300 g/mol. The van der Waals surface area contributed by atoms with Gasteiger partial charge in [-0.25, -0.2) is 4.98 Å². The summed E-state index contributed by atoms with van der Waals surface area (Å²) in [6.07, 6.45) is 0. The second-order valence-corrected chi connectivity index (χ2v) is 5.49. The SMILES string of the molecule is Cc1cc(Cl)ccc1-c1nc2cc3c(cc2[nH]1)OCCO3. The van der Waals surface area contributed by atoms with E-state index in [4.69, 9.17) is 21.1 Å². The molecule has 1 aromatic heterocycles. The molecule has 0 bridgehead atoms. The minimum absolute atomic E-state index is 0.575. The number of nitrogens with zero attached hydrogens (tertiary/aromatic N) is 1. The van der Waals surface area contributed by atoms with Crippen molar-refractivity contribution < 1.29 is 9.47 Å². The number of halogens is 1. The van der Waals surface area contributed by atoms with Crippen LogP contribution in [0, 0.1) is 6.92 Å². The lowest BCUT2D eigenvalue weighted by Gasteiger charge is -2.17. The number of ether oxygens (including phenoxy) is 2. The average molecular weight is 301 g/mol. The van der Waals surface area contributed by atoms with Crippen LogP contribution in [0.5, 0.6) is 11.5 Å². The van der Waals surface area contributed by atoms with Gasteiger partial charge in [-0.1, -0.05) is 11.6 Å². The molecule has 0 fully saturated rings. The number of H-pyrrole nitrogens is 1. The fourth-order valence-electron chi connectivity index (χ4n) is 2.57. The highest BCUT2D eigenvalue weighted by molar-refractivity contribution is 6.30. The molecule has 0 saturated carbocycles. The fourth-order valence-corrected chi connectivity index (χ4v) is 2.79. The van der Waals surface area contributed by atoms with Crippen LogP contribution < -0.4 is 9.47 Å². The minimum atomic E-state index is 0.575. The van der Waals surface area contributed by atoms with E-state index in [0.29, 0.717) is 13.2 Å². The smallest absolute Gasteiger partial charge is 0.163 e. The van der Waals surface area contributed by atoms with Crippen molar-refractivity contribution >= 4 is 22.6 Å². The predicted molar refractivity (Wildman–Crippen MR) is 82.3 cm³/mol. The summed E-state index contributed by atoms with van der Waals surface area (Å²) in [6, 6.07) is 9.62. The van der Waals surface area contributed by atoms with Crippen LogP contribution in [0.1, 0.15) is 5.56 Å². The lowest BCUT2D eigenvalue weighted by Crippen LogP contribution is -2.15. The molecular formula is C16H13ClN2O2. The van der Waals surface area contributed by atoms with Gasteiger partial charge in [-0.2, -0.15) is 0 Å². The van der Waals surface area contributed by atoms with Crippen LogP contribution in [0.15, 0.2) is 30.3 Å². The first-order valence-corrected chi connectivity index (χ1v) is 7.14. The number of aromatic amines is 1. The van der Waals surface area contributed by atoms with E-state index in [1.54, 1.807) is 0 Å². The van der Waals surface area contributed by atoms with E-state index in [1.807, 2.05) is 37.3 Å². The molecule has 1 N–H and O–H groups in total. The summed E-state index contributed by atoms with van der Waals surface area (Å²) < 4.78 is 11.2. The Kier molecular flexibility index (Phi) is 2.79. The summed E-state index contributed by atoms with van der Waals surface area (Å²) in [4.78, 5) is 7.98. The topological polar surface area (TPSA) is 47.1 Å². The van der Waals surface area contributed by atoms with E-state index >= 15 is 0 Å². The Balaban J connectivity index is 1.86. The summed E-state index contributed by atoms with van der Waals surface area (Å²) >= 11 is 6.01. The van der Waals surface area contributed by atoms with E-state index in [0.717, 1.165) is 44.5 Å². The van der Waals surface area contributed by atoms with Crippen molar-refractivity contribution in [2.24, 2.45) is 0 Å². The Morgan fingerprint density at radius 1 is 1.10 bits per heavy atom. The molecule has 0 saturated heterocycles. The van der Waals surface area contributed by atoms with E-state index in [1.165, 1.54) is 0 Å². The number of hydrogen-bond donors (Lipinski definition) is 1. The number of hydrogen-bond acceptors (Lipinski definition) is 3. The van der Waals surface area contributed by atoms with Crippen molar-refractivity contribution in [3.8, 4) is 22.9 Å². The molecule has 0 radical (unpaired) electrons. The van der Waals surface area contributed by atoms with Gasteiger partial charge in [0.25, 0.3) is 0 Å². The molecule has 1 aliphatic rings. The van der Waals surface area contributed by atoms with Gasteiger partial charge < -0.3 is 14.5 Å². The highest BCUT2D eigenvalue weighted by Gasteiger charge is 2.15. The molecule has 0 aliphatic carbocycles. The molecule has 0 spiro atoms. The van der Waals surface area contributed by atoms with Crippen LogP contribution in [-0.2, 0) is 0 Å². The van der Waals surface area contributed by atoms with E-state index in [9.17, 15) is 0 Å². The number of imidazole rings is 1. The maximum absolute atomic E-state index is 6.01. The fraction of sp³-hybridized carbons (Fsp3) is 0.188. The van der Waals surface area contributed by atoms with Crippen LogP contribution in [0.4, 0.5) is 0 Å². The summed E-state index contributed by atoms with van der Waals surface area (Å²) in [6.45, 7) is 3.17. The zero-order valence-corrected chi connectivity index (χ0v) is 12.2. The van der Waals surface area contributed by atoms with Crippen molar-refractivity contribution in [3.05, 3.63) is 40.9 Å². The molecule has 1 aliphatic heterocycles. The maximum atomic E-state index is 6.01. The summed E-state index contributed by atoms with van der Waals surface area (Å²) in [5.41, 5.74) is 3.92. The maximum Gasteiger partial charge on any atom is 0.163 e. The van der Waals surface area contributed by atoms with Gasteiger partial charge in [0.15, 0.2) is 11.5 Å². The van der Waals surface area contributed by atoms with Crippen molar-refractivity contribution in [2.75, 3.05) is 13.2 Å². The van der Waals surface area contributed by atoms with Crippen molar-refractivity contribution in [3.63, 3.8) is 0 Å². The van der Waals surface area contributed by atoms with Gasteiger partial charge >= 0.3 is 0 Å². The molecule has 106 valence electrons. The highest BCUT2D eigenvalue weighted by Crippen LogP contribution is 2.35. The molecule has 0 unspecified atom stereocenters. The first kappa shape index (κ1) is 12.5. The quantitative estimate of drug-likeness (QED) is 0.740. The second kappa shape index (κ2) is 4.67. The standard InChI is InChI=1S/C16H13ClN2O2/c1-9-6-10(17)2-3-11(9)16-18-12-7-14-15(8-13(12)19-16)21-5-4-20-14/h2-3,6-8H,4-5H2,1H3,(H,18,19). The molecule has 4 rings (SSSR count). The van der Waals surface area contributed by atoms with E-state index in [-0.39, 0.29) is 0 Å². The number of aromatic nitrogens is 2. The zero-order chi connectivity index (χ0) is 14.4. The largest absolute Gasteiger partial charge is 0.486 e. The van der Waals surface area contributed by atoms with Gasteiger partial charge in [0, 0.05) is 22.7 Å². The molecule has 0 amide bonds. The third kappa shape index (κ3) is 2.12. The molecule has 5 heteroatoms. The number of rotatable bonds is 1. The summed E-state index contributed by atoms with van der Waals surface area (Å²) in [5, 5.41) is 0.727. The lowest BCUT2D eigenvalue weighted by molar-refractivity contribution is 0.172. The van der Waals surface area contributed by atoms with Crippen LogP contribution in [0.25, 0.3) is 22.4 Å². The van der Waals surface area contributed by atoms with Gasteiger partial charge in [-0.05, 0) is 30.7 Å². The summed E-state index contributed by atoms with van der Waals surface area (Å²) in [7, 11) is 0. The van der Waals surface area contributed by atoms with Crippen LogP contribution in [0.2, 0.25) is 5.02 Å². The molecule has 0 atom stereocenters. The Bertz CT molecular complexity index is 799. The normalized spacial score (nSPS) is 13.6. The van der Waals surface area contributed by atoms with Crippen molar-refractivity contribution in [1.82, 2.24) is 9.97 Å². The van der Waals surface area contributed by atoms with Crippen molar-refractivity contribution in [2.45, 2.75) is 6.92 Å². The van der Waals surface area contributed by atoms with Crippen molar-refractivity contribution in [1.29, 1.82) is 0 Å². The molecular weight excluding hydrogens is 288 g/mol. The second-order valence-electron chi connectivity index (χ2n) is 5.06. The van der Waals surface area contributed by atoms with E-state index < -0.39 is 0 Å². The molecule has 21 heavy (non-hydrogen) atoms. The zero-order valence-electron chi connectivity index (χ0n) is 11.4. The lowest BCUT2D eigenvalue weighted by atomic mass is 10.1. The van der Waals surface area contributed by atoms with Gasteiger partial charge in [-0.3, -0.25) is 0 Å². The van der Waals surface area contributed by atoms with Gasteiger partial charge in [0.1, 0.15) is 19.0 Å². The van der Waals surface area contributed by atoms with Gasteiger partial charge in [0.2, 0.25) is 0 Å². The molecule has 2 aromatic carbocycles. The number of benzene rings is 2. The predicted octanol–water partition coefficient (Wildman–Crippen LogP) is 3.96. The minimum Gasteiger partial charge on any atom is -0.486 e. The molecule has 3 aromatic rings. The Morgan fingerprint density at radius 3 is 2.62 bits per heavy atom. The van der Waals surface area contributed by atoms with Crippen LogP contribution >= 0.6 is 11.6 Å². The number of aryl methyl sites for hydroxylation is 1. The van der Waals surface area contributed by atoms with Gasteiger partial charge in [-0.15, -0.1) is 0 Å². The van der Waals surface area contributed by atoms with Crippen LogP contribution in [0.3, 0.4) is 0 Å².